The second-order valence-electron chi connectivity index (χ2n) is 8.08. The number of Topliss-reactive ketones (excluding diaryl/α,β-unsaturated/α-hetero) is 1. The van der Waals surface area contributed by atoms with Crippen LogP contribution in [0.3, 0.4) is 0 Å². The minimum Gasteiger partial charge on any atom is -0.360 e. The van der Waals surface area contributed by atoms with E-state index >= 15 is 0 Å². The number of fused-ring (bicyclic) bond motifs is 1. The molecule has 0 aromatic heterocycles. The van der Waals surface area contributed by atoms with E-state index in [4.69, 9.17) is 27.9 Å². The van der Waals surface area contributed by atoms with Crippen LogP contribution in [0.25, 0.3) is 21.9 Å². The minimum absolute atomic E-state index is 0.0328. The fourth-order valence-electron chi connectivity index (χ4n) is 3.49. The molecule has 3 rings (SSSR count). The van der Waals surface area contributed by atoms with Gasteiger partial charge in [0.1, 0.15) is 6.10 Å². The summed E-state index contributed by atoms with van der Waals surface area (Å²) in [6, 6.07) is 15.6. The lowest BCUT2D eigenvalue weighted by atomic mass is 9.86. The van der Waals surface area contributed by atoms with Crippen LogP contribution < -0.4 is 0 Å². The smallest absolute Gasteiger partial charge is 0.163 e. The Balaban J connectivity index is 2.40. The summed E-state index contributed by atoms with van der Waals surface area (Å²) >= 11 is 12.4. The number of hydrogen-bond acceptors (Lipinski definition) is 2. The summed E-state index contributed by atoms with van der Waals surface area (Å²) in [5.74, 6) is -0.0328. The van der Waals surface area contributed by atoms with Crippen LogP contribution in [0.4, 0.5) is 0 Å². The van der Waals surface area contributed by atoms with Crippen molar-refractivity contribution < 1.29 is 9.53 Å². The maximum absolute atomic E-state index is 12.6. The first kappa shape index (κ1) is 20.9. The molecule has 2 nitrogen and oxygen atoms in total. The fraction of sp³-hybridized carbons (Fsp3) is 0.292. The highest BCUT2D eigenvalue weighted by atomic mass is 35.5. The predicted octanol–water partition coefficient (Wildman–Crippen LogP) is 7.57. The van der Waals surface area contributed by atoms with E-state index in [1.165, 1.54) is 0 Å². The third-order valence-electron chi connectivity index (χ3n) is 4.59. The Morgan fingerprint density at radius 2 is 1.57 bits per heavy atom. The molecule has 3 aromatic carbocycles. The minimum atomic E-state index is -0.672. The molecule has 0 aliphatic carbocycles. The lowest BCUT2D eigenvalue weighted by Gasteiger charge is -2.29. The van der Waals surface area contributed by atoms with Gasteiger partial charge in [-0.2, -0.15) is 0 Å². The van der Waals surface area contributed by atoms with Gasteiger partial charge in [0, 0.05) is 10.0 Å². The van der Waals surface area contributed by atoms with E-state index in [0.717, 1.165) is 33.0 Å². The zero-order valence-corrected chi connectivity index (χ0v) is 18.3. The Morgan fingerprint density at radius 3 is 2.14 bits per heavy atom. The molecule has 0 heterocycles. The molecule has 4 heteroatoms. The summed E-state index contributed by atoms with van der Waals surface area (Å²) < 4.78 is 6.22. The Morgan fingerprint density at radius 1 is 0.964 bits per heavy atom. The highest BCUT2D eigenvalue weighted by Crippen LogP contribution is 2.41. The standard InChI is InChI=1S/C24H24Cl2O2/c1-14-12-17-8-11-19(26)13-20(17)22(16-6-9-18(25)10-7-16)21(14)23(15(2)27)28-24(3,4)5/h6-13,23H,1-5H3. The van der Waals surface area contributed by atoms with Crippen molar-refractivity contribution >= 4 is 39.8 Å². The van der Waals surface area contributed by atoms with Gasteiger partial charge in [0.05, 0.1) is 5.60 Å². The van der Waals surface area contributed by atoms with E-state index in [1.54, 1.807) is 6.92 Å². The summed E-state index contributed by atoms with van der Waals surface area (Å²) in [6.45, 7) is 9.46. The van der Waals surface area contributed by atoms with E-state index in [1.807, 2.05) is 70.2 Å². The first-order valence-electron chi connectivity index (χ1n) is 9.24. The molecule has 0 radical (unpaired) electrons. The van der Waals surface area contributed by atoms with E-state index in [2.05, 4.69) is 6.07 Å². The van der Waals surface area contributed by atoms with Crippen LogP contribution in [0.1, 0.15) is 44.9 Å². The van der Waals surface area contributed by atoms with Gasteiger partial charge < -0.3 is 4.74 Å². The monoisotopic (exact) mass is 414 g/mol. The molecule has 0 saturated heterocycles. The number of carbonyl (C=O) groups excluding carboxylic acids is 1. The largest absolute Gasteiger partial charge is 0.360 e. The van der Waals surface area contributed by atoms with Crippen molar-refractivity contribution in [3.63, 3.8) is 0 Å². The molecule has 0 saturated carbocycles. The first-order chi connectivity index (χ1) is 13.1. The molecule has 0 bridgehead atoms. The molecule has 28 heavy (non-hydrogen) atoms. The van der Waals surface area contributed by atoms with E-state index in [0.29, 0.717) is 10.0 Å². The first-order valence-corrected chi connectivity index (χ1v) is 9.99. The Hall–Kier alpha value is -1.87. The lowest BCUT2D eigenvalue weighted by Crippen LogP contribution is -2.27. The molecule has 0 fully saturated rings. The van der Waals surface area contributed by atoms with Gasteiger partial charge in [-0.15, -0.1) is 0 Å². The summed E-state index contributed by atoms with van der Waals surface area (Å²) in [5.41, 5.74) is 3.34. The number of ether oxygens (including phenoxy) is 1. The number of aryl methyl sites for hydroxylation is 1. The molecule has 146 valence electrons. The highest BCUT2D eigenvalue weighted by molar-refractivity contribution is 6.31. The normalized spacial score (nSPS) is 13.0. The number of rotatable bonds is 4. The van der Waals surface area contributed by atoms with Crippen LogP contribution in [0.2, 0.25) is 10.0 Å². The highest BCUT2D eigenvalue weighted by Gasteiger charge is 2.29. The molecule has 0 N–H and O–H groups in total. The molecular formula is C24H24Cl2O2. The molecule has 0 amide bonds. The summed E-state index contributed by atoms with van der Waals surface area (Å²) in [4.78, 5) is 12.6. The van der Waals surface area contributed by atoms with Gasteiger partial charge >= 0.3 is 0 Å². The van der Waals surface area contributed by atoms with Crippen LogP contribution in [-0.4, -0.2) is 11.4 Å². The zero-order valence-electron chi connectivity index (χ0n) is 16.8. The second-order valence-corrected chi connectivity index (χ2v) is 8.95. The van der Waals surface area contributed by atoms with Crippen molar-refractivity contribution in [3.8, 4) is 11.1 Å². The number of benzene rings is 3. The number of carbonyl (C=O) groups is 1. The van der Waals surface area contributed by atoms with Gasteiger partial charge in [-0.3, -0.25) is 4.79 Å². The molecule has 3 aromatic rings. The van der Waals surface area contributed by atoms with Gasteiger partial charge in [-0.05, 0) is 91.9 Å². The predicted molar refractivity (Wildman–Crippen MR) is 118 cm³/mol. The van der Waals surface area contributed by atoms with Gasteiger partial charge in [-0.1, -0.05) is 47.5 Å². The van der Waals surface area contributed by atoms with Crippen molar-refractivity contribution in [2.45, 2.75) is 46.3 Å². The zero-order chi connectivity index (χ0) is 20.6. The van der Waals surface area contributed by atoms with E-state index < -0.39 is 11.7 Å². The number of halogens is 2. The van der Waals surface area contributed by atoms with Gasteiger partial charge in [0.25, 0.3) is 0 Å². The summed E-state index contributed by atoms with van der Waals surface area (Å²) in [7, 11) is 0. The van der Waals surface area contributed by atoms with Crippen LogP contribution >= 0.6 is 23.2 Å². The summed E-state index contributed by atoms with van der Waals surface area (Å²) in [6.07, 6.45) is -0.672. The second kappa shape index (κ2) is 7.87. The summed E-state index contributed by atoms with van der Waals surface area (Å²) in [5, 5.41) is 3.36. The number of ketones is 1. The van der Waals surface area contributed by atoms with Crippen molar-refractivity contribution in [2.75, 3.05) is 0 Å². The quantitative estimate of drug-likeness (QED) is 0.439. The van der Waals surface area contributed by atoms with E-state index in [9.17, 15) is 4.79 Å². The average molecular weight is 415 g/mol. The average Bonchev–Trinajstić information content (AvgIpc) is 2.59. The van der Waals surface area contributed by atoms with Crippen molar-refractivity contribution in [1.29, 1.82) is 0 Å². The van der Waals surface area contributed by atoms with Crippen LogP contribution in [0.15, 0.2) is 48.5 Å². The molecule has 0 aliphatic heterocycles. The Bertz CT molecular complexity index is 1030. The van der Waals surface area contributed by atoms with Crippen LogP contribution in [-0.2, 0) is 9.53 Å². The van der Waals surface area contributed by atoms with Gasteiger partial charge in [0.2, 0.25) is 0 Å². The van der Waals surface area contributed by atoms with Crippen LogP contribution in [0.5, 0.6) is 0 Å². The van der Waals surface area contributed by atoms with Crippen molar-refractivity contribution in [2.24, 2.45) is 0 Å². The lowest BCUT2D eigenvalue weighted by molar-refractivity contribution is -0.138. The third-order valence-corrected chi connectivity index (χ3v) is 5.07. The molecule has 0 spiro atoms. The topological polar surface area (TPSA) is 26.3 Å². The third kappa shape index (κ3) is 4.41. The van der Waals surface area contributed by atoms with Gasteiger partial charge in [-0.25, -0.2) is 0 Å². The molecular weight excluding hydrogens is 391 g/mol. The van der Waals surface area contributed by atoms with Crippen molar-refractivity contribution in [3.05, 3.63) is 69.7 Å². The SMILES string of the molecule is CC(=O)C(OC(C)(C)C)c1c(C)cc2ccc(Cl)cc2c1-c1ccc(Cl)cc1. The van der Waals surface area contributed by atoms with Crippen molar-refractivity contribution in [1.82, 2.24) is 0 Å². The van der Waals surface area contributed by atoms with Gasteiger partial charge in [0.15, 0.2) is 5.78 Å². The Kier molecular flexibility index (Phi) is 5.86. The molecule has 1 atom stereocenters. The number of hydrogen-bond donors (Lipinski definition) is 0. The fourth-order valence-corrected chi connectivity index (χ4v) is 3.79. The van der Waals surface area contributed by atoms with E-state index in [-0.39, 0.29) is 5.78 Å². The molecule has 0 aliphatic rings. The van der Waals surface area contributed by atoms with Crippen LogP contribution in [0, 0.1) is 6.92 Å². The Labute approximate surface area is 176 Å². The molecule has 1 unspecified atom stereocenters. The maximum atomic E-state index is 12.6. The maximum Gasteiger partial charge on any atom is 0.163 e.